The molecule has 0 bridgehead atoms. The van der Waals surface area contributed by atoms with E-state index >= 15 is 0 Å². The average molecular weight is 254 g/mol. The molecule has 0 fully saturated rings. The SMILES string of the molecule is Cc1cc(Cl)cc([C@@H](N)c2cccs2)c1O. The smallest absolute Gasteiger partial charge is 0.123 e. The van der Waals surface area contributed by atoms with Gasteiger partial charge in [-0.2, -0.15) is 0 Å². The van der Waals surface area contributed by atoms with Gasteiger partial charge in [0, 0.05) is 15.5 Å². The first-order valence-corrected chi connectivity index (χ1v) is 6.13. The third-order valence-corrected chi connectivity index (χ3v) is 3.65. The summed E-state index contributed by atoms with van der Waals surface area (Å²) < 4.78 is 0. The minimum atomic E-state index is -0.322. The van der Waals surface area contributed by atoms with Crippen LogP contribution in [0, 0.1) is 6.92 Å². The fourth-order valence-corrected chi connectivity index (χ4v) is 2.65. The quantitative estimate of drug-likeness (QED) is 0.861. The second-order valence-corrected chi connectivity index (χ2v) is 5.07. The van der Waals surface area contributed by atoms with Gasteiger partial charge in [0.2, 0.25) is 0 Å². The van der Waals surface area contributed by atoms with Gasteiger partial charge in [0.05, 0.1) is 6.04 Å². The monoisotopic (exact) mass is 253 g/mol. The summed E-state index contributed by atoms with van der Waals surface area (Å²) in [6.07, 6.45) is 0. The summed E-state index contributed by atoms with van der Waals surface area (Å²) >= 11 is 7.53. The molecule has 1 atom stereocenters. The standard InChI is InChI=1S/C12H12ClNOS/c1-7-5-8(13)6-9(12(7)15)11(14)10-3-2-4-16-10/h2-6,11,15H,14H2,1H3/t11-/m1/s1. The summed E-state index contributed by atoms with van der Waals surface area (Å²) in [5.41, 5.74) is 7.51. The van der Waals surface area contributed by atoms with E-state index in [9.17, 15) is 5.11 Å². The van der Waals surface area contributed by atoms with E-state index in [1.807, 2.05) is 24.4 Å². The number of benzene rings is 1. The van der Waals surface area contributed by atoms with Crippen LogP contribution >= 0.6 is 22.9 Å². The maximum atomic E-state index is 9.96. The number of thiophene rings is 1. The van der Waals surface area contributed by atoms with Crippen molar-refractivity contribution in [2.75, 3.05) is 0 Å². The lowest BCUT2D eigenvalue weighted by Gasteiger charge is -2.14. The molecule has 16 heavy (non-hydrogen) atoms. The van der Waals surface area contributed by atoms with Crippen LogP contribution in [0.15, 0.2) is 29.6 Å². The van der Waals surface area contributed by atoms with E-state index in [-0.39, 0.29) is 11.8 Å². The molecule has 2 aromatic rings. The highest BCUT2D eigenvalue weighted by Gasteiger charge is 2.16. The first-order valence-electron chi connectivity index (χ1n) is 4.87. The topological polar surface area (TPSA) is 46.2 Å². The molecule has 0 saturated carbocycles. The van der Waals surface area contributed by atoms with Crippen LogP contribution in [-0.4, -0.2) is 5.11 Å². The Labute approximate surface area is 103 Å². The Bertz CT molecular complexity index is 496. The number of rotatable bonds is 2. The lowest BCUT2D eigenvalue weighted by molar-refractivity contribution is 0.461. The third kappa shape index (κ3) is 2.07. The van der Waals surface area contributed by atoms with E-state index in [0.29, 0.717) is 10.6 Å². The number of nitrogens with two attached hydrogens (primary N) is 1. The van der Waals surface area contributed by atoms with Gasteiger partial charge in [-0.15, -0.1) is 11.3 Å². The van der Waals surface area contributed by atoms with Crippen LogP contribution in [0.5, 0.6) is 5.75 Å². The first kappa shape index (κ1) is 11.5. The molecule has 0 radical (unpaired) electrons. The molecule has 0 amide bonds. The number of phenols is 1. The van der Waals surface area contributed by atoms with Gasteiger partial charge in [-0.3, -0.25) is 0 Å². The fourth-order valence-electron chi connectivity index (χ4n) is 1.62. The Kier molecular flexibility index (Phi) is 3.19. The van der Waals surface area contributed by atoms with Crippen LogP contribution in [0.3, 0.4) is 0 Å². The van der Waals surface area contributed by atoms with E-state index in [2.05, 4.69) is 0 Å². The van der Waals surface area contributed by atoms with Gasteiger partial charge >= 0.3 is 0 Å². The maximum absolute atomic E-state index is 9.96. The van der Waals surface area contributed by atoms with Crippen LogP contribution < -0.4 is 5.73 Å². The van der Waals surface area contributed by atoms with Crippen LogP contribution in [0.4, 0.5) is 0 Å². The van der Waals surface area contributed by atoms with Crippen molar-refractivity contribution < 1.29 is 5.11 Å². The highest BCUT2D eigenvalue weighted by molar-refractivity contribution is 7.10. The number of phenolic OH excluding ortho intramolecular Hbond substituents is 1. The van der Waals surface area contributed by atoms with Crippen molar-refractivity contribution in [3.8, 4) is 5.75 Å². The van der Waals surface area contributed by atoms with Gasteiger partial charge in [0.1, 0.15) is 5.75 Å². The Hall–Kier alpha value is -1.03. The molecule has 0 spiro atoms. The summed E-state index contributed by atoms with van der Waals surface area (Å²) in [6.45, 7) is 1.81. The van der Waals surface area contributed by atoms with Crippen molar-refractivity contribution in [2.24, 2.45) is 5.73 Å². The molecule has 0 saturated heterocycles. The molecule has 1 aromatic carbocycles. The Morgan fingerprint density at radius 2 is 2.19 bits per heavy atom. The lowest BCUT2D eigenvalue weighted by Crippen LogP contribution is -2.10. The average Bonchev–Trinajstić information content (AvgIpc) is 2.75. The normalized spacial score (nSPS) is 12.7. The fraction of sp³-hybridized carbons (Fsp3) is 0.167. The van der Waals surface area contributed by atoms with Gasteiger partial charge in [0.15, 0.2) is 0 Å². The summed E-state index contributed by atoms with van der Waals surface area (Å²) in [5, 5.41) is 12.5. The summed E-state index contributed by atoms with van der Waals surface area (Å²) in [5.74, 6) is 0.227. The Morgan fingerprint density at radius 3 is 2.81 bits per heavy atom. The summed E-state index contributed by atoms with van der Waals surface area (Å²) in [7, 11) is 0. The van der Waals surface area contributed by atoms with Crippen molar-refractivity contribution in [2.45, 2.75) is 13.0 Å². The van der Waals surface area contributed by atoms with Gasteiger partial charge in [-0.05, 0) is 36.1 Å². The molecule has 84 valence electrons. The first-order chi connectivity index (χ1) is 7.59. The van der Waals surface area contributed by atoms with E-state index in [0.717, 1.165) is 10.4 Å². The molecule has 2 nitrogen and oxygen atoms in total. The van der Waals surface area contributed by atoms with Gasteiger partial charge in [-0.25, -0.2) is 0 Å². The molecule has 0 aliphatic rings. The predicted molar refractivity (Wildman–Crippen MR) is 68.2 cm³/mol. The van der Waals surface area contributed by atoms with E-state index in [4.69, 9.17) is 17.3 Å². The number of halogens is 1. The molecule has 0 unspecified atom stereocenters. The van der Waals surface area contributed by atoms with Crippen molar-refractivity contribution in [3.63, 3.8) is 0 Å². The molecule has 1 heterocycles. The Morgan fingerprint density at radius 1 is 1.44 bits per heavy atom. The van der Waals surface area contributed by atoms with Gasteiger partial charge in [0.25, 0.3) is 0 Å². The number of hydrogen-bond acceptors (Lipinski definition) is 3. The van der Waals surface area contributed by atoms with Gasteiger partial charge in [-0.1, -0.05) is 17.7 Å². The van der Waals surface area contributed by atoms with E-state index < -0.39 is 0 Å². The largest absolute Gasteiger partial charge is 0.507 e. The second-order valence-electron chi connectivity index (χ2n) is 3.65. The van der Waals surface area contributed by atoms with Crippen molar-refractivity contribution in [1.29, 1.82) is 0 Å². The summed E-state index contributed by atoms with van der Waals surface area (Å²) in [6, 6.07) is 7.01. The molecule has 1 aromatic heterocycles. The predicted octanol–water partition coefficient (Wildman–Crippen LogP) is 3.46. The molecule has 0 aliphatic carbocycles. The van der Waals surface area contributed by atoms with Gasteiger partial charge < -0.3 is 10.8 Å². The number of aryl methyl sites for hydroxylation is 1. The number of hydrogen-bond donors (Lipinski definition) is 2. The minimum absolute atomic E-state index is 0.227. The molecular weight excluding hydrogens is 242 g/mol. The molecule has 4 heteroatoms. The van der Waals surface area contributed by atoms with Crippen molar-refractivity contribution in [1.82, 2.24) is 0 Å². The van der Waals surface area contributed by atoms with Crippen LogP contribution in [0.25, 0.3) is 0 Å². The molecule has 0 aliphatic heterocycles. The van der Waals surface area contributed by atoms with Crippen LogP contribution in [0.1, 0.15) is 22.0 Å². The van der Waals surface area contributed by atoms with E-state index in [1.54, 1.807) is 23.5 Å². The molecule has 3 N–H and O–H groups in total. The molecule has 2 rings (SSSR count). The second kappa shape index (κ2) is 4.45. The Balaban J connectivity index is 2.48. The van der Waals surface area contributed by atoms with Crippen molar-refractivity contribution >= 4 is 22.9 Å². The van der Waals surface area contributed by atoms with Crippen molar-refractivity contribution in [3.05, 3.63) is 50.7 Å². The maximum Gasteiger partial charge on any atom is 0.123 e. The van der Waals surface area contributed by atoms with Crippen LogP contribution in [-0.2, 0) is 0 Å². The number of aromatic hydroxyl groups is 1. The highest BCUT2D eigenvalue weighted by atomic mass is 35.5. The zero-order valence-electron chi connectivity index (χ0n) is 8.77. The zero-order valence-corrected chi connectivity index (χ0v) is 10.3. The third-order valence-electron chi connectivity index (χ3n) is 2.48. The highest BCUT2D eigenvalue weighted by Crippen LogP contribution is 2.34. The minimum Gasteiger partial charge on any atom is -0.507 e. The summed E-state index contributed by atoms with van der Waals surface area (Å²) in [4.78, 5) is 1.01. The zero-order chi connectivity index (χ0) is 11.7. The van der Waals surface area contributed by atoms with Crippen LogP contribution in [0.2, 0.25) is 5.02 Å². The lowest BCUT2D eigenvalue weighted by atomic mass is 10.0. The molecular formula is C12H12ClNOS. The van der Waals surface area contributed by atoms with E-state index in [1.165, 1.54) is 0 Å².